The van der Waals surface area contributed by atoms with Gasteiger partial charge in [0.05, 0.1) is 5.71 Å². The van der Waals surface area contributed by atoms with Gasteiger partial charge in [0.1, 0.15) is 0 Å². The highest BCUT2D eigenvalue weighted by Gasteiger charge is 2.01. The molecule has 0 radical (unpaired) electrons. The third-order valence-electron chi connectivity index (χ3n) is 1.62. The van der Waals surface area contributed by atoms with E-state index in [4.69, 9.17) is 5.11 Å². The van der Waals surface area contributed by atoms with Crippen LogP contribution >= 0.6 is 0 Å². The molecule has 1 amide bonds. The normalized spacial score (nSPS) is 11.1. The molecule has 0 atom stereocenters. The fourth-order valence-electron chi connectivity index (χ4n) is 0.996. The molecule has 0 saturated carbocycles. The van der Waals surface area contributed by atoms with E-state index >= 15 is 0 Å². The van der Waals surface area contributed by atoms with Crippen LogP contribution in [-0.2, 0) is 0 Å². The molecule has 1 heterocycles. The Labute approximate surface area is 81.5 Å². The van der Waals surface area contributed by atoms with E-state index in [0.717, 1.165) is 5.56 Å². The highest BCUT2D eigenvalue weighted by Crippen LogP contribution is 2.01. The Morgan fingerprint density at radius 2 is 2.50 bits per heavy atom. The fourth-order valence-corrected chi connectivity index (χ4v) is 0.996. The van der Waals surface area contributed by atoms with Gasteiger partial charge in [-0.2, -0.15) is 5.10 Å². The Hall–Kier alpha value is -1.91. The number of carboxylic acid groups (broad SMARTS) is 1. The van der Waals surface area contributed by atoms with Crippen molar-refractivity contribution in [2.75, 3.05) is 0 Å². The quantitative estimate of drug-likeness (QED) is 0.563. The minimum Gasteiger partial charge on any atom is -0.464 e. The van der Waals surface area contributed by atoms with Crippen molar-refractivity contribution < 1.29 is 9.90 Å². The molecule has 1 aromatic rings. The SMILES string of the molecule is CCC(=NNC(=O)O)c1cccnc1. The summed E-state index contributed by atoms with van der Waals surface area (Å²) in [7, 11) is 0. The first-order chi connectivity index (χ1) is 6.74. The highest BCUT2D eigenvalue weighted by atomic mass is 16.4. The highest BCUT2D eigenvalue weighted by molar-refractivity contribution is 6.00. The molecule has 0 unspecified atom stereocenters. The molecule has 0 aliphatic carbocycles. The van der Waals surface area contributed by atoms with Crippen LogP contribution in [0.5, 0.6) is 0 Å². The number of nitrogens with zero attached hydrogens (tertiary/aromatic N) is 2. The third kappa shape index (κ3) is 2.85. The second kappa shape index (κ2) is 4.96. The number of hydrogen-bond donors (Lipinski definition) is 2. The molecule has 0 saturated heterocycles. The van der Waals surface area contributed by atoms with E-state index in [1.54, 1.807) is 18.5 Å². The molecule has 0 aliphatic rings. The Morgan fingerprint density at radius 3 is 3.00 bits per heavy atom. The van der Waals surface area contributed by atoms with Gasteiger partial charge >= 0.3 is 6.09 Å². The van der Waals surface area contributed by atoms with Crippen molar-refractivity contribution in [2.24, 2.45) is 5.10 Å². The summed E-state index contributed by atoms with van der Waals surface area (Å²) in [6, 6.07) is 3.61. The Bertz CT molecular complexity index is 335. The molecule has 5 heteroatoms. The van der Waals surface area contributed by atoms with Gasteiger partial charge in [-0.25, -0.2) is 10.2 Å². The summed E-state index contributed by atoms with van der Waals surface area (Å²) in [6.07, 6.45) is 2.78. The molecule has 0 spiro atoms. The average molecular weight is 193 g/mol. The summed E-state index contributed by atoms with van der Waals surface area (Å²) in [6.45, 7) is 1.90. The number of pyridine rings is 1. The van der Waals surface area contributed by atoms with Crippen LogP contribution in [0.15, 0.2) is 29.6 Å². The van der Waals surface area contributed by atoms with Crippen molar-refractivity contribution in [1.82, 2.24) is 10.4 Å². The van der Waals surface area contributed by atoms with E-state index in [2.05, 4.69) is 10.1 Å². The number of nitrogens with one attached hydrogen (secondary N) is 1. The zero-order valence-corrected chi connectivity index (χ0v) is 7.77. The van der Waals surface area contributed by atoms with Crippen LogP contribution in [0.25, 0.3) is 0 Å². The fraction of sp³-hybridized carbons (Fsp3) is 0.222. The van der Waals surface area contributed by atoms with Crippen molar-refractivity contribution in [2.45, 2.75) is 13.3 Å². The van der Waals surface area contributed by atoms with Crippen LogP contribution < -0.4 is 5.43 Å². The number of amides is 1. The maximum absolute atomic E-state index is 10.2. The molecule has 1 aromatic heterocycles. The van der Waals surface area contributed by atoms with Gasteiger partial charge < -0.3 is 5.11 Å². The van der Waals surface area contributed by atoms with Gasteiger partial charge in [-0.1, -0.05) is 13.0 Å². The first-order valence-electron chi connectivity index (χ1n) is 4.20. The Balaban J connectivity index is 2.82. The van der Waals surface area contributed by atoms with Crippen LogP contribution in [0.4, 0.5) is 4.79 Å². The largest absolute Gasteiger partial charge is 0.464 e. The van der Waals surface area contributed by atoms with Crippen molar-refractivity contribution in [3.8, 4) is 0 Å². The standard InChI is InChI=1S/C9H11N3O2/c1-2-8(11-12-9(13)14)7-4-3-5-10-6-7/h3-6,12H,2H2,1H3,(H,13,14). The number of rotatable bonds is 3. The summed E-state index contributed by atoms with van der Waals surface area (Å²) in [5.74, 6) is 0. The molecule has 2 N–H and O–H groups in total. The van der Waals surface area contributed by atoms with E-state index in [9.17, 15) is 4.79 Å². The first-order valence-corrected chi connectivity index (χ1v) is 4.20. The van der Waals surface area contributed by atoms with E-state index in [1.807, 2.05) is 18.4 Å². The van der Waals surface area contributed by atoms with Crippen LogP contribution in [0.3, 0.4) is 0 Å². The number of aromatic nitrogens is 1. The van der Waals surface area contributed by atoms with E-state index in [0.29, 0.717) is 12.1 Å². The van der Waals surface area contributed by atoms with Gasteiger partial charge in [0.25, 0.3) is 0 Å². The monoisotopic (exact) mass is 193 g/mol. The van der Waals surface area contributed by atoms with Crippen molar-refractivity contribution in [3.05, 3.63) is 30.1 Å². The molecule has 0 fully saturated rings. The van der Waals surface area contributed by atoms with E-state index in [1.165, 1.54) is 0 Å². The van der Waals surface area contributed by atoms with Gasteiger partial charge in [0.15, 0.2) is 0 Å². The smallest absolute Gasteiger partial charge is 0.425 e. The topological polar surface area (TPSA) is 74.6 Å². The maximum Gasteiger partial charge on any atom is 0.425 e. The summed E-state index contributed by atoms with van der Waals surface area (Å²) in [5, 5.41) is 12.1. The minimum atomic E-state index is -1.17. The Morgan fingerprint density at radius 1 is 1.71 bits per heavy atom. The predicted octanol–water partition coefficient (Wildman–Crippen LogP) is 1.46. The third-order valence-corrected chi connectivity index (χ3v) is 1.62. The molecule has 0 bridgehead atoms. The maximum atomic E-state index is 10.2. The van der Waals surface area contributed by atoms with Gasteiger partial charge in [-0.15, -0.1) is 0 Å². The number of carbonyl (C=O) groups is 1. The van der Waals surface area contributed by atoms with Crippen molar-refractivity contribution >= 4 is 11.8 Å². The second-order valence-electron chi connectivity index (χ2n) is 2.57. The summed E-state index contributed by atoms with van der Waals surface area (Å²) >= 11 is 0. The molecular formula is C9H11N3O2. The lowest BCUT2D eigenvalue weighted by molar-refractivity contribution is 0.195. The lowest BCUT2D eigenvalue weighted by Crippen LogP contribution is -2.17. The zero-order chi connectivity index (χ0) is 10.4. The molecular weight excluding hydrogens is 182 g/mol. The summed E-state index contributed by atoms with van der Waals surface area (Å²) in [4.78, 5) is 14.1. The molecule has 14 heavy (non-hydrogen) atoms. The molecule has 5 nitrogen and oxygen atoms in total. The molecule has 0 aromatic carbocycles. The van der Waals surface area contributed by atoms with Crippen LogP contribution in [-0.4, -0.2) is 21.9 Å². The van der Waals surface area contributed by atoms with Gasteiger partial charge in [0, 0.05) is 18.0 Å². The first kappa shape index (κ1) is 10.2. The lowest BCUT2D eigenvalue weighted by Gasteiger charge is -2.01. The molecule has 0 aliphatic heterocycles. The van der Waals surface area contributed by atoms with Crippen LogP contribution in [0.1, 0.15) is 18.9 Å². The van der Waals surface area contributed by atoms with Crippen LogP contribution in [0, 0.1) is 0 Å². The number of hydrazone groups is 1. The van der Waals surface area contributed by atoms with Gasteiger partial charge in [-0.05, 0) is 12.5 Å². The molecule has 74 valence electrons. The summed E-state index contributed by atoms with van der Waals surface area (Å²) in [5.41, 5.74) is 3.46. The van der Waals surface area contributed by atoms with Gasteiger partial charge in [0.2, 0.25) is 0 Å². The molecule has 1 rings (SSSR count). The Kier molecular flexibility index (Phi) is 3.60. The second-order valence-corrected chi connectivity index (χ2v) is 2.57. The van der Waals surface area contributed by atoms with E-state index in [-0.39, 0.29) is 0 Å². The van der Waals surface area contributed by atoms with Crippen LogP contribution in [0.2, 0.25) is 0 Å². The van der Waals surface area contributed by atoms with E-state index < -0.39 is 6.09 Å². The average Bonchev–Trinajstić information content (AvgIpc) is 2.20. The van der Waals surface area contributed by atoms with Crippen molar-refractivity contribution in [1.29, 1.82) is 0 Å². The van der Waals surface area contributed by atoms with Gasteiger partial charge in [-0.3, -0.25) is 4.98 Å². The lowest BCUT2D eigenvalue weighted by atomic mass is 10.1. The summed E-state index contributed by atoms with van der Waals surface area (Å²) < 4.78 is 0. The minimum absolute atomic E-state index is 0.645. The van der Waals surface area contributed by atoms with Crippen molar-refractivity contribution in [3.63, 3.8) is 0 Å². The zero-order valence-electron chi connectivity index (χ0n) is 7.77. The number of hydrogen-bond acceptors (Lipinski definition) is 3. The predicted molar refractivity (Wildman–Crippen MR) is 52.2 cm³/mol.